The summed E-state index contributed by atoms with van der Waals surface area (Å²) in [5.74, 6) is 2.69. The van der Waals surface area contributed by atoms with Crippen molar-refractivity contribution in [2.24, 2.45) is 10.9 Å². The molecule has 1 amide bonds. The summed E-state index contributed by atoms with van der Waals surface area (Å²) in [4.78, 5) is 19.2. The number of aliphatic imine (C=N–C) groups is 1. The molecule has 1 aromatic carbocycles. The highest BCUT2D eigenvalue weighted by atomic mass is 127. The van der Waals surface area contributed by atoms with Gasteiger partial charge in [0, 0.05) is 48.8 Å². The third kappa shape index (κ3) is 7.81. The van der Waals surface area contributed by atoms with Gasteiger partial charge in [-0.05, 0) is 44.4 Å². The summed E-state index contributed by atoms with van der Waals surface area (Å²) in [6, 6.07) is 7.78. The van der Waals surface area contributed by atoms with Gasteiger partial charge in [0.05, 0.1) is 0 Å². The summed E-state index contributed by atoms with van der Waals surface area (Å²) in [6.45, 7) is 13.2. The summed E-state index contributed by atoms with van der Waals surface area (Å²) < 4.78 is 0. The number of rotatable bonds is 4. The molecular formula is C21H35IN4OS. The lowest BCUT2D eigenvalue weighted by Gasteiger charge is -2.36. The maximum Gasteiger partial charge on any atom is 0.251 e. The monoisotopic (exact) mass is 518 g/mol. The topological polar surface area (TPSA) is 56.7 Å². The molecule has 5 nitrogen and oxygen atoms in total. The van der Waals surface area contributed by atoms with Gasteiger partial charge in [-0.15, -0.1) is 24.0 Å². The Hall–Kier alpha value is -0.960. The Bertz CT molecular complexity index is 673. The first kappa shape index (κ1) is 25.1. The lowest BCUT2D eigenvalue weighted by Crippen LogP contribution is -2.48. The quantitative estimate of drug-likeness (QED) is 0.360. The molecule has 0 saturated carbocycles. The van der Waals surface area contributed by atoms with Crippen LogP contribution in [0.2, 0.25) is 0 Å². The molecule has 1 atom stereocenters. The number of nitrogens with one attached hydrogen (secondary N) is 2. The van der Waals surface area contributed by atoms with E-state index in [1.165, 1.54) is 0 Å². The van der Waals surface area contributed by atoms with E-state index in [2.05, 4.69) is 46.1 Å². The van der Waals surface area contributed by atoms with Gasteiger partial charge in [0.15, 0.2) is 5.96 Å². The molecule has 1 aliphatic rings. The predicted molar refractivity (Wildman–Crippen MR) is 132 cm³/mol. The van der Waals surface area contributed by atoms with Gasteiger partial charge in [-0.3, -0.25) is 9.79 Å². The van der Waals surface area contributed by atoms with E-state index >= 15 is 0 Å². The van der Waals surface area contributed by atoms with Gasteiger partial charge < -0.3 is 15.5 Å². The maximum atomic E-state index is 12.4. The van der Waals surface area contributed by atoms with E-state index in [1.54, 1.807) is 0 Å². The Morgan fingerprint density at radius 3 is 2.68 bits per heavy atom. The SMILES string of the molecule is CN=C(NCc1cccc(C(=O)NC(C)(C)C)c1)N1CCSC(C(C)C)C1.I. The molecule has 0 bridgehead atoms. The van der Waals surface area contributed by atoms with Crippen molar-refractivity contribution in [3.05, 3.63) is 35.4 Å². The molecule has 0 aliphatic carbocycles. The average Bonchev–Trinajstić information content (AvgIpc) is 2.61. The first-order valence-electron chi connectivity index (χ1n) is 9.68. The third-order valence-electron chi connectivity index (χ3n) is 4.48. The Balaban J connectivity index is 0.00000392. The van der Waals surface area contributed by atoms with Crippen LogP contribution < -0.4 is 10.6 Å². The van der Waals surface area contributed by atoms with Crippen molar-refractivity contribution in [2.45, 2.75) is 52.0 Å². The zero-order chi connectivity index (χ0) is 20.0. The molecular weight excluding hydrogens is 483 g/mol. The Morgan fingerprint density at radius 1 is 1.36 bits per heavy atom. The van der Waals surface area contributed by atoms with E-state index in [4.69, 9.17) is 0 Å². The van der Waals surface area contributed by atoms with Gasteiger partial charge in [0.1, 0.15) is 0 Å². The Labute approximate surface area is 191 Å². The highest BCUT2D eigenvalue weighted by Crippen LogP contribution is 2.24. The molecule has 28 heavy (non-hydrogen) atoms. The van der Waals surface area contributed by atoms with Crippen molar-refractivity contribution in [1.82, 2.24) is 15.5 Å². The van der Waals surface area contributed by atoms with E-state index in [0.29, 0.717) is 23.3 Å². The van der Waals surface area contributed by atoms with Crippen molar-refractivity contribution in [3.63, 3.8) is 0 Å². The summed E-state index contributed by atoms with van der Waals surface area (Å²) in [6.07, 6.45) is 0. The second-order valence-corrected chi connectivity index (χ2v) is 9.75. The number of carbonyl (C=O) groups excluding carboxylic acids is 1. The molecule has 158 valence electrons. The highest BCUT2D eigenvalue weighted by Gasteiger charge is 2.24. The van der Waals surface area contributed by atoms with Crippen LogP contribution in [0.1, 0.15) is 50.5 Å². The number of thioether (sulfide) groups is 1. The molecule has 2 rings (SSSR count). The number of benzene rings is 1. The summed E-state index contributed by atoms with van der Waals surface area (Å²) in [5.41, 5.74) is 1.52. The molecule has 0 radical (unpaired) electrons. The fourth-order valence-electron chi connectivity index (χ4n) is 3.02. The normalized spacial score (nSPS) is 17.9. The second kappa shape index (κ2) is 11.3. The minimum absolute atomic E-state index is 0. The standard InChI is InChI=1S/C21H34N4OS.HI/c1-15(2)18-14-25(10-11-27-18)20(22-6)23-13-16-8-7-9-17(12-16)19(26)24-21(3,4)5;/h7-9,12,15,18H,10-11,13-14H2,1-6H3,(H,22,23)(H,24,26);1H. The van der Waals surface area contributed by atoms with Gasteiger partial charge in [0.25, 0.3) is 5.91 Å². The van der Waals surface area contributed by atoms with E-state index in [1.807, 2.05) is 52.1 Å². The molecule has 1 unspecified atom stereocenters. The lowest BCUT2D eigenvalue weighted by molar-refractivity contribution is 0.0919. The number of nitrogens with zero attached hydrogens (tertiary/aromatic N) is 2. The van der Waals surface area contributed by atoms with Crippen molar-refractivity contribution in [1.29, 1.82) is 0 Å². The number of guanidine groups is 1. The summed E-state index contributed by atoms with van der Waals surface area (Å²) >= 11 is 2.06. The van der Waals surface area contributed by atoms with Crippen molar-refractivity contribution >= 4 is 47.6 Å². The van der Waals surface area contributed by atoms with Crippen LogP contribution in [0.4, 0.5) is 0 Å². The molecule has 7 heteroatoms. The van der Waals surface area contributed by atoms with Crippen LogP contribution in [-0.4, -0.2) is 53.4 Å². The minimum atomic E-state index is -0.243. The Kier molecular flexibility index (Phi) is 10.1. The fourth-order valence-corrected chi connectivity index (χ4v) is 4.32. The van der Waals surface area contributed by atoms with Crippen LogP contribution in [-0.2, 0) is 6.54 Å². The average molecular weight is 519 g/mol. The van der Waals surface area contributed by atoms with Gasteiger partial charge >= 0.3 is 0 Å². The van der Waals surface area contributed by atoms with Gasteiger partial charge in [0.2, 0.25) is 0 Å². The highest BCUT2D eigenvalue weighted by molar-refractivity contribution is 14.0. The van der Waals surface area contributed by atoms with Crippen molar-refractivity contribution in [3.8, 4) is 0 Å². The van der Waals surface area contributed by atoms with E-state index in [9.17, 15) is 4.79 Å². The van der Waals surface area contributed by atoms with Gasteiger partial charge in [-0.1, -0.05) is 26.0 Å². The first-order valence-corrected chi connectivity index (χ1v) is 10.7. The van der Waals surface area contributed by atoms with Crippen LogP contribution in [0.15, 0.2) is 29.3 Å². The molecule has 1 saturated heterocycles. The molecule has 2 N–H and O–H groups in total. The number of amides is 1. The second-order valence-electron chi connectivity index (χ2n) is 8.40. The van der Waals surface area contributed by atoms with Crippen LogP contribution >= 0.6 is 35.7 Å². The van der Waals surface area contributed by atoms with Crippen molar-refractivity contribution in [2.75, 3.05) is 25.9 Å². The van der Waals surface area contributed by atoms with E-state index < -0.39 is 0 Å². The smallest absolute Gasteiger partial charge is 0.251 e. The maximum absolute atomic E-state index is 12.4. The number of hydrogen-bond acceptors (Lipinski definition) is 3. The molecule has 1 heterocycles. The molecule has 0 aromatic heterocycles. The van der Waals surface area contributed by atoms with Crippen LogP contribution in [0.5, 0.6) is 0 Å². The Morgan fingerprint density at radius 2 is 2.07 bits per heavy atom. The van der Waals surface area contributed by atoms with Gasteiger partial charge in [-0.25, -0.2) is 0 Å². The van der Waals surface area contributed by atoms with Crippen LogP contribution in [0.3, 0.4) is 0 Å². The molecule has 1 aliphatic heterocycles. The van der Waals surface area contributed by atoms with Crippen LogP contribution in [0.25, 0.3) is 0 Å². The van der Waals surface area contributed by atoms with E-state index in [-0.39, 0.29) is 35.4 Å². The third-order valence-corrected chi connectivity index (χ3v) is 6.02. The van der Waals surface area contributed by atoms with E-state index in [0.717, 1.165) is 30.4 Å². The lowest BCUT2D eigenvalue weighted by atomic mass is 10.1. The zero-order valence-electron chi connectivity index (χ0n) is 17.9. The van der Waals surface area contributed by atoms with Gasteiger partial charge in [-0.2, -0.15) is 11.8 Å². The largest absolute Gasteiger partial charge is 0.352 e. The summed E-state index contributed by atoms with van der Waals surface area (Å²) in [5, 5.41) is 7.12. The number of carbonyl (C=O) groups is 1. The predicted octanol–water partition coefficient (Wildman–Crippen LogP) is 3.98. The molecule has 0 spiro atoms. The fraction of sp³-hybridized carbons (Fsp3) is 0.619. The number of hydrogen-bond donors (Lipinski definition) is 2. The first-order chi connectivity index (χ1) is 12.7. The summed E-state index contributed by atoms with van der Waals surface area (Å²) in [7, 11) is 1.83. The molecule has 1 fully saturated rings. The minimum Gasteiger partial charge on any atom is -0.352 e. The molecule has 1 aromatic rings. The van der Waals surface area contributed by atoms with Crippen LogP contribution in [0, 0.1) is 5.92 Å². The number of halogens is 1. The zero-order valence-corrected chi connectivity index (χ0v) is 21.1. The van der Waals surface area contributed by atoms with Crippen molar-refractivity contribution < 1.29 is 4.79 Å².